The molecule has 0 spiro atoms. The van der Waals surface area contributed by atoms with Crippen molar-refractivity contribution in [3.05, 3.63) is 35.4 Å². The van der Waals surface area contributed by atoms with E-state index in [0.717, 1.165) is 12.0 Å². The zero-order valence-corrected chi connectivity index (χ0v) is 9.19. The van der Waals surface area contributed by atoms with Crippen LogP contribution in [0.15, 0.2) is 24.3 Å². The van der Waals surface area contributed by atoms with Gasteiger partial charge in [0.25, 0.3) is 0 Å². The van der Waals surface area contributed by atoms with Gasteiger partial charge in [-0.2, -0.15) is 0 Å². The maximum Gasteiger partial charge on any atom is 0.338 e. The van der Waals surface area contributed by atoms with E-state index in [9.17, 15) is 4.79 Å². The largest absolute Gasteiger partial charge is 0.459 e. The van der Waals surface area contributed by atoms with Gasteiger partial charge in [0.15, 0.2) is 0 Å². The van der Waals surface area contributed by atoms with Crippen LogP contribution in [0.25, 0.3) is 0 Å². The molecular formula is C12H17NO2. The molecule has 82 valence electrons. The molecule has 0 bridgehead atoms. The molecule has 2 N–H and O–H groups in total. The monoisotopic (exact) mass is 207 g/mol. The summed E-state index contributed by atoms with van der Waals surface area (Å²) in [5.74, 6) is -0.270. The second kappa shape index (κ2) is 5.51. The van der Waals surface area contributed by atoms with E-state index in [-0.39, 0.29) is 12.1 Å². The molecule has 1 rings (SSSR count). The molecule has 0 fully saturated rings. The summed E-state index contributed by atoms with van der Waals surface area (Å²) in [6, 6.07) is 7.17. The molecule has 1 unspecified atom stereocenters. The molecule has 0 aliphatic rings. The minimum atomic E-state index is -0.270. The van der Waals surface area contributed by atoms with Crippen LogP contribution in [0.4, 0.5) is 0 Å². The zero-order chi connectivity index (χ0) is 11.3. The molecule has 0 amide bonds. The third-order valence-corrected chi connectivity index (χ3v) is 2.31. The molecule has 0 radical (unpaired) electrons. The molecule has 0 aliphatic carbocycles. The molecule has 0 heterocycles. The Bertz CT molecular complexity index is 319. The minimum Gasteiger partial charge on any atom is -0.459 e. The van der Waals surface area contributed by atoms with Gasteiger partial charge in [-0.25, -0.2) is 4.79 Å². The molecule has 3 nitrogen and oxygen atoms in total. The van der Waals surface area contributed by atoms with E-state index in [1.807, 2.05) is 26.0 Å². The summed E-state index contributed by atoms with van der Waals surface area (Å²) in [6.07, 6.45) is 0.791. The van der Waals surface area contributed by atoms with Gasteiger partial charge < -0.3 is 10.5 Å². The van der Waals surface area contributed by atoms with Gasteiger partial charge >= 0.3 is 5.97 Å². The van der Waals surface area contributed by atoms with E-state index in [1.165, 1.54) is 0 Å². The van der Waals surface area contributed by atoms with Gasteiger partial charge in [-0.1, -0.05) is 19.1 Å². The van der Waals surface area contributed by atoms with Crippen LogP contribution in [0.5, 0.6) is 0 Å². The van der Waals surface area contributed by atoms with Gasteiger partial charge in [-0.3, -0.25) is 0 Å². The van der Waals surface area contributed by atoms with Crippen molar-refractivity contribution in [2.75, 3.05) is 0 Å². The fraction of sp³-hybridized carbons (Fsp3) is 0.417. The number of rotatable bonds is 4. The topological polar surface area (TPSA) is 52.3 Å². The van der Waals surface area contributed by atoms with Crippen LogP contribution in [-0.2, 0) is 11.3 Å². The first kappa shape index (κ1) is 11.7. The second-order valence-electron chi connectivity index (χ2n) is 3.53. The van der Waals surface area contributed by atoms with Crippen molar-refractivity contribution in [3.63, 3.8) is 0 Å². The van der Waals surface area contributed by atoms with E-state index < -0.39 is 0 Å². The minimum absolute atomic E-state index is 0.0355. The second-order valence-corrected chi connectivity index (χ2v) is 3.53. The van der Waals surface area contributed by atoms with E-state index in [1.54, 1.807) is 12.1 Å². The van der Waals surface area contributed by atoms with E-state index in [0.29, 0.717) is 12.1 Å². The van der Waals surface area contributed by atoms with Crippen molar-refractivity contribution in [2.24, 2.45) is 5.73 Å². The molecule has 3 heteroatoms. The van der Waals surface area contributed by atoms with Crippen molar-refractivity contribution in [1.82, 2.24) is 0 Å². The number of carbonyl (C=O) groups excluding carboxylic acids is 1. The van der Waals surface area contributed by atoms with Crippen LogP contribution in [0.2, 0.25) is 0 Å². The number of benzene rings is 1. The third-order valence-electron chi connectivity index (χ3n) is 2.31. The Kier molecular flexibility index (Phi) is 4.31. The van der Waals surface area contributed by atoms with E-state index in [2.05, 4.69) is 0 Å². The van der Waals surface area contributed by atoms with Crippen LogP contribution in [0.3, 0.4) is 0 Å². The van der Waals surface area contributed by atoms with Crippen molar-refractivity contribution in [3.8, 4) is 0 Å². The highest BCUT2D eigenvalue weighted by Gasteiger charge is 2.09. The fourth-order valence-corrected chi connectivity index (χ4v) is 1.11. The molecule has 1 atom stereocenters. The molecule has 1 aromatic rings. The van der Waals surface area contributed by atoms with Crippen LogP contribution < -0.4 is 5.73 Å². The van der Waals surface area contributed by atoms with Crippen LogP contribution >= 0.6 is 0 Å². The Hall–Kier alpha value is -1.35. The molecule has 0 aromatic heterocycles. The normalized spacial score (nSPS) is 12.2. The predicted molar refractivity (Wildman–Crippen MR) is 59.5 cm³/mol. The lowest BCUT2D eigenvalue weighted by Crippen LogP contribution is -2.14. The fourth-order valence-electron chi connectivity index (χ4n) is 1.11. The van der Waals surface area contributed by atoms with Crippen molar-refractivity contribution >= 4 is 5.97 Å². The highest BCUT2D eigenvalue weighted by atomic mass is 16.5. The molecule has 0 aliphatic heterocycles. The smallest absolute Gasteiger partial charge is 0.338 e. The summed E-state index contributed by atoms with van der Waals surface area (Å²) in [5.41, 5.74) is 7.05. The molecule has 1 aromatic carbocycles. The molecule has 15 heavy (non-hydrogen) atoms. The zero-order valence-electron chi connectivity index (χ0n) is 9.19. The number of hydrogen-bond donors (Lipinski definition) is 1. The SMILES string of the molecule is CCC(C)OC(=O)c1ccc(CN)cc1. The first-order valence-electron chi connectivity index (χ1n) is 5.17. The lowest BCUT2D eigenvalue weighted by molar-refractivity contribution is 0.0334. The number of ether oxygens (including phenoxy) is 1. The maximum absolute atomic E-state index is 11.6. The summed E-state index contributed by atoms with van der Waals surface area (Å²) >= 11 is 0. The summed E-state index contributed by atoms with van der Waals surface area (Å²) in [4.78, 5) is 11.6. The Balaban J connectivity index is 2.66. The van der Waals surface area contributed by atoms with Gasteiger partial charge in [-0.05, 0) is 31.0 Å². The standard InChI is InChI=1S/C12H17NO2/c1-3-9(2)15-12(14)11-6-4-10(8-13)5-7-11/h4-7,9H,3,8,13H2,1-2H3. The van der Waals surface area contributed by atoms with Crippen LogP contribution in [0, 0.1) is 0 Å². The van der Waals surface area contributed by atoms with Crippen molar-refractivity contribution < 1.29 is 9.53 Å². The quantitative estimate of drug-likeness (QED) is 0.769. The van der Waals surface area contributed by atoms with E-state index in [4.69, 9.17) is 10.5 Å². The highest BCUT2D eigenvalue weighted by Crippen LogP contribution is 2.07. The Morgan fingerprint density at radius 3 is 2.47 bits per heavy atom. The Morgan fingerprint density at radius 1 is 1.40 bits per heavy atom. The lowest BCUT2D eigenvalue weighted by Gasteiger charge is -2.10. The number of nitrogens with two attached hydrogens (primary N) is 1. The Morgan fingerprint density at radius 2 is 2.00 bits per heavy atom. The number of esters is 1. The summed E-state index contributed by atoms with van der Waals surface area (Å²) in [7, 11) is 0. The summed E-state index contributed by atoms with van der Waals surface area (Å²) < 4.78 is 5.19. The molecule has 0 saturated heterocycles. The van der Waals surface area contributed by atoms with Crippen LogP contribution in [-0.4, -0.2) is 12.1 Å². The van der Waals surface area contributed by atoms with Gasteiger partial charge in [0.2, 0.25) is 0 Å². The van der Waals surface area contributed by atoms with Crippen molar-refractivity contribution in [1.29, 1.82) is 0 Å². The first-order chi connectivity index (χ1) is 7.17. The third kappa shape index (κ3) is 3.36. The number of carbonyl (C=O) groups is 1. The van der Waals surface area contributed by atoms with Crippen LogP contribution in [0.1, 0.15) is 36.2 Å². The molecule has 0 saturated carbocycles. The summed E-state index contributed by atoms with van der Waals surface area (Å²) in [5, 5.41) is 0. The predicted octanol–water partition coefficient (Wildman–Crippen LogP) is 2.10. The van der Waals surface area contributed by atoms with Gasteiger partial charge in [0.1, 0.15) is 0 Å². The summed E-state index contributed by atoms with van der Waals surface area (Å²) in [6.45, 7) is 4.35. The average Bonchev–Trinajstić information content (AvgIpc) is 2.29. The number of hydrogen-bond acceptors (Lipinski definition) is 3. The first-order valence-corrected chi connectivity index (χ1v) is 5.17. The van der Waals surface area contributed by atoms with Gasteiger partial charge in [0.05, 0.1) is 11.7 Å². The van der Waals surface area contributed by atoms with E-state index >= 15 is 0 Å². The lowest BCUT2D eigenvalue weighted by atomic mass is 10.1. The Labute approximate surface area is 90.2 Å². The average molecular weight is 207 g/mol. The molecular weight excluding hydrogens is 190 g/mol. The van der Waals surface area contributed by atoms with Gasteiger partial charge in [0, 0.05) is 6.54 Å². The maximum atomic E-state index is 11.6. The van der Waals surface area contributed by atoms with Gasteiger partial charge in [-0.15, -0.1) is 0 Å². The highest BCUT2D eigenvalue weighted by molar-refractivity contribution is 5.89. The van der Waals surface area contributed by atoms with Crippen molar-refractivity contribution in [2.45, 2.75) is 32.9 Å².